The van der Waals surface area contributed by atoms with Gasteiger partial charge in [0.2, 0.25) is 0 Å². The molecule has 0 aliphatic heterocycles. The molecule has 0 aromatic carbocycles. The summed E-state index contributed by atoms with van der Waals surface area (Å²) in [6.45, 7) is 7.82. The van der Waals surface area contributed by atoms with Crippen molar-refractivity contribution in [1.29, 1.82) is 0 Å². The second kappa shape index (κ2) is 62.9. The maximum absolute atomic E-state index is 12.9. The van der Waals surface area contributed by atoms with Crippen LogP contribution in [0.3, 0.4) is 0 Å². The van der Waals surface area contributed by atoms with Crippen LogP contribution in [0.1, 0.15) is 329 Å². The Hall–Kier alpha value is -2.40. The standard InChI is InChI=1S/C67H122O5/c1-4-7-10-13-16-19-22-25-28-31-34-36-39-42-45-48-51-54-57-60-66(68)71-64-65(63-70-62-59-56-53-50-47-44-41-38-33-30-27-24-21-18-15-12-9-6-3)72-67(69)61-58-55-52-49-46-43-40-37-35-32-29-26-23-20-17-14-11-8-5-2/h16-17,19-20,25-26,28-29,34,36,65H,4-15,18,21-24,27,30-33,35,37-64H2,1-3H3/b19-16-,20-17-,28-25-,29-26-,36-34-. The Morgan fingerprint density at radius 3 is 0.958 bits per heavy atom. The highest BCUT2D eigenvalue weighted by Gasteiger charge is 2.18. The molecule has 0 radical (unpaired) electrons. The van der Waals surface area contributed by atoms with Crippen LogP contribution in [0, 0.1) is 0 Å². The predicted octanol–water partition coefficient (Wildman–Crippen LogP) is 22.0. The molecule has 5 nitrogen and oxygen atoms in total. The van der Waals surface area contributed by atoms with Crippen molar-refractivity contribution in [2.24, 2.45) is 0 Å². The molecule has 0 aromatic heterocycles. The van der Waals surface area contributed by atoms with Gasteiger partial charge in [-0.15, -0.1) is 0 Å². The molecule has 0 rings (SSSR count). The fourth-order valence-electron chi connectivity index (χ4n) is 9.26. The summed E-state index contributed by atoms with van der Waals surface area (Å²) >= 11 is 0. The highest BCUT2D eigenvalue weighted by molar-refractivity contribution is 5.70. The lowest BCUT2D eigenvalue weighted by Crippen LogP contribution is -2.30. The number of ether oxygens (including phenoxy) is 3. The zero-order chi connectivity index (χ0) is 52.0. The third kappa shape index (κ3) is 60.2. The van der Waals surface area contributed by atoms with E-state index in [-0.39, 0.29) is 25.2 Å². The number of rotatable bonds is 59. The van der Waals surface area contributed by atoms with Crippen LogP contribution in [0.15, 0.2) is 60.8 Å². The second-order valence-electron chi connectivity index (χ2n) is 21.3. The summed E-state index contributed by atoms with van der Waals surface area (Å²) < 4.78 is 17.5. The van der Waals surface area contributed by atoms with E-state index in [1.807, 2.05) is 0 Å². The third-order valence-corrected chi connectivity index (χ3v) is 14.0. The van der Waals surface area contributed by atoms with Crippen molar-refractivity contribution in [2.75, 3.05) is 19.8 Å². The van der Waals surface area contributed by atoms with E-state index < -0.39 is 6.10 Å². The maximum Gasteiger partial charge on any atom is 0.306 e. The Bertz CT molecular complexity index is 1230. The molecular formula is C67H122O5. The SMILES string of the molecule is CCCCC/C=C\C/C=C\C/C=C\CCCCCCCCC(=O)OCC(COCCCCCCCCCCCCCCCCCCCC)OC(=O)CCCCCCCCCCC/C=C\C/C=C\CCCCC. The van der Waals surface area contributed by atoms with E-state index in [9.17, 15) is 9.59 Å². The summed E-state index contributed by atoms with van der Waals surface area (Å²) in [6, 6.07) is 0. The van der Waals surface area contributed by atoms with Crippen LogP contribution in [0.25, 0.3) is 0 Å². The molecule has 420 valence electrons. The van der Waals surface area contributed by atoms with E-state index in [1.54, 1.807) is 0 Å². The van der Waals surface area contributed by atoms with Gasteiger partial charge in [-0.3, -0.25) is 9.59 Å². The summed E-state index contributed by atoms with van der Waals surface area (Å²) in [7, 11) is 0. The van der Waals surface area contributed by atoms with Gasteiger partial charge in [0.1, 0.15) is 6.61 Å². The molecule has 0 aliphatic carbocycles. The first-order valence-corrected chi connectivity index (χ1v) is 31.8. The number of esters is 2. The van der Waals surface area contributed by atoms with Gasteiger partial charge < -0.3 is 14.2 Å². The van der Waals surface area contributed by atoms with Crippen molar-refractivity contribution in [1.82, 2.24) is 0 Å². The van der Waals surface area contributed by atoms with Crippen LogP contribution in [0.2, 0.25) is 0 Å². The monoisotopic (exact) mass is 1010 g/mol. The van der Waals surface area contributed by atoms with Gasteiger partial charge in [-0.1, -0.05) is 287 Å². The molecule has 0 heterocycles. The highest BCUT2D eigenvalue weighted by atomic mass is 16.6. The van der Waals surface area contributed by atoms with Crippen LogP contribution in [0.5, 0.6) is 0 Å². The van der Waals surface area contributed by atoms with E-state index in [4.69, 9.17) is 14.2 Å². The molecule has 0 fully saturated rings. The molecule has 0 spiro atoms. The Balaban J connectivity index is 4.28. The Morgan fingerprint density at radius 1 is 0.306 bits per heavy atom. The molecular weight excluding hydrogens is 885 g/mol. The minimum Gasteiger partial charge on any atom is -0.462 e. The van der Waals surface area contributed by atoms with Crippen molar-refractivity contribution >= 4 is 11.9 Å². The molecule has 0 aromatic rings. The van der Waals surface area contributed by atoms with E-state index in [0.29, 0.717) is 19.4 Å². The molecule has 0 N–H and O–H groups in total. The number of allylic oxidation sites excluding steroid dienone is 10. The van der Waals surface area contributed by atoms with Gasteiger partial charge in [0.15, 0.2) is 6.10 Å². The fourth-order valence-corrected chi connectivity index (χ4v) is 9.26. The first-order valence-electron chi connectivity index (χ1n) is 31.8. The van der Waals surface area contributed by atoms with Gasteiger partial charge >= 0.3 is 11.9 Å². The summed E-state index contributed by atoms with van der Waals surface area (Å²) in [5.41, 5.74) is 0. The average Bonchev–Trinajstić information content (AvgIpc) is 3.38. The Labute approximate surface area is 449 Å². The van der Waals surface area contributed by atoms with Crippen molar-refractivity contribution in [3.05, 3.63) is 60.8 Å². The molecule has 0 aliphatic rings. The van der Waals surface area contributed by atoms with E-state index in [0.717, 1.165) is 64.2 Å². The van der Waals surface area contributed by atoms with Crippen molar-refractivity contribution in [3.8, 4) is 0 Å². The molecule has 5 heteroatoms. The highest BCUT2D eigenvalue weighted by Crippen LogP contribution is 2.17. The van der Waals surface area contributed by atoms with Crippen LogP contribution >= 0.6 is 0 Å². The Morgan fingerprint density at radius 2 is 0.583 bits per heavy atom. The molecule has 0 saturated carbocycles. The van der Waals surface area contributed by atoms with Gasteiger partial charge in [0.25, 0.3) is 0 Å². The molecule has 0 bridgehead atoms. The third-order valence-electron chi connectivity index (χ3n) is 14.0. The van der Waals surface area contributed by atoms with Gasteiger partial charge in [-0.2, -0.15) is 0 Å². The largest absolute Gasteiger partial charge is 0.462 e. The Kier molecular flexibility index (Phi) is 60.8. The normalized spacial score (nSPS) is 12.5. The smallest absolute Gasteiger partial charge is 0.306 e. The lowest BCUT2D eigenvalue weighted by atomic mass is 10.0. The summed E-state index contributed by atoms with van der Waals surface area (Å²) in [6.07, 6.45) is 81.1. The number of unbranched alkanes of at least 4 members (excludes halogenated alkanes) is 38. The van der Waals surface area contributed by atoms with Crippen LogP contribution < -0.4 is 0 Å². The number of hydrogen-bond donors (Lipinski definition) is 0. The first kappa shape index (κ1) is 69.6. The molecule has 1 atom stereocenters. The number of carbonyl (C=O) groups is 2. The summed E-state index contributed by atoms with van der Waals surface area (Å²) in [5.74, 6) is -0.399. The van der Waals surface area contributed by atoms with Crippen molar-refractivity contribution < 1.29 is 23.8 Å². The average molecular weight is 1010 g/mol. The minimum absolute atomic E-state index is 0.0794. The van der Waals surface area contributed by atoms with Gasteiger partial charge in [0.05, 0.1) is 6.61 Å². The van der Waals surface area contributed by atoms with Gasteiger partial charge in [-0.05, 0) is 89.9 Å². The van der Waals surface area contributed by atoms with E-state index in [1.165, 1.54) is 231 Å². The lowest BCUT2D eigenvalue weighted by molar-refractivity contribution is -0.163. The molecule has 0 saturated heterocycles. The zero-order valence-corrected chi connectivity index (χ0v) is 48.5. The van der Waals surface area contributed by atoms with Crippen molar-refractivity contribution in [2.45, 2.75) is 335 Å². The zero-order valence-electron chi connectivity index (χ0n) is 48.5. The number of carbonyl (C=O) groups excluding carboxylic acids is 2. The molecule has 72 heavy (non-hydrogen) atoms. The maximum atomic E-state index is 12.9. The second-order valence-corrected chi connectivity index (χ2v) is 21.3. The summed E-state index contributed by atoms with van der Waals surface area (Å²) in [4.78, 5) is 25.6. The fraction of sp³-hybridized carbons (Fsp3) is 0.821. The van der Waals surface area contributed by atoms with E-state index >= 15 is 0 Å². The van der Waals surface area contributed by atoms with Crippen molar-refractivity contribution in [3.63, 3.8) is 0 Å². The minimum atomic E-state index is -0.544. The van der Waals surface area contributed by atoms with Crippen LogP contribution in [-0.2, 0) is 23.8 Å². The quantitative estimate of drug-likeness (QED) is 0.0345. The topological polar surface area (TPSA) is 61.8 Å². The van der Waals surface area contributed by atoms with Gasteiger partial charge in [0, 0.05) is 19.4 Å². The van der Waals surface area contributed by atoms with Gasteiger partial charge in [-0.25, -0.2) is 0 Å². The number of hydrogen-bond acceptors (Lipinski definition) is 5. The first-order chi connectivity index (χ1) is 35.6. The van der Waals surface area contributed by atoms with Crippen LogP contribution in [-0.4, -0.2) is 37.9 Å². The molecule has 1 unspecified atom stereocenters. The molecule has 0 amide bonds. The van der Waals surface area contributed by atoms with Crippen LogP contribution in [0.4, 0.5) is 0 Å². The lowest BCUT2D eigenvalue weighted by Gasteiger charge is -2.18. The predicted molar refractivity (Wildman–Crippen MR) is 316 cm³/mol. The van der Waals surface area contributed by atoms with E-state index in [2.05, 4.69) is 81.5 Å². The summed E-state index contributed by atoms with van der Waals surface area (Å²) in [5, 5.41) is 0.